The standard InChI is InChI=1S/C22H19N5O/c1-15-20(28-19-6-4-3-5-7-19)12-18(14-25-15)17-8-10-24-22(13-17)27-21-9-11-23-16(2)26-21/h3-14H,1-2H3,(H,23,24,26,27). The minimum Gasteiger partial charge on any atom is -0.455 e. The third-order valence-electron chi connectivity index (χ3n) is 4.14. The second kappa shape index (κ2) is 7.84. The molecule has 0 amide bonds. The Bertz CT molecular complexity index is 1100. The number of para-hydroxylation sites is 1. The van der Waals surface area contributed by atoms with E-state index in [4.69, 9.17) is 4.74 Å². The number of benzene rings is 1. The normalized spacial score (nSPS) is 10.5. The second-order valence-corrected chi connectivity index (χ2v) is 6.27. The predicted molar refractivity (Wildman–Crippen MR) is 109 cm³/mol. The number of nitrogens with zero attached hydrogens (tertiary/aromatic N) is 4. The number of hydrogen-bond donors (Lipinski definition) is 1. The van der Waals surface area contributed by atoms with Crippen molar-refractivity contribution >= 4 is 11.6 Å². The highest BCUT2D eigenvalue weighted by atomic mass is 16.5. The van der Waals surface area contributed by atoms with Gasteiger partial charge in [0.15, 0.2) is 0 Å². The molecule has 1 N–H and O–H groups in total. The van der Waals surface area contributed by atoms with Crippen molar-refractivity contribution in [1.29, 1.82) is 0 Å². The fourth-order valence-corrected chi connectivity index (χ4v) is 2.73. The number of aryl methyl sites for hydroxylation is 2. The molecule has 0 spiro atoms. The van der Waals surface area contributed by atoms with Crippen LogP contribution in [-0.2, 0) is 0 Å². The Morgan fingerprint density at radius 3 is 2.43 bits per heavy atom. The lowest BCUT2D eigenvalue weighted by molar-refractivity contribution is 0.476. The topological polar surface area (TPSA) is 72.8 Å². The Balaban J connectivity index is 1.61. The summed E-state index contributed by atoms with van der Waals surface area (Å²) in [6, 6.07) is 17.4. The van der Waals surface area contributed by atoms with Crippen molar-refractivity contribution in [3.05, 3.63) is 84.7 Å². The molecule has 0 aliphatic carbocycles. The van der Waals surface area contributed by atoms with Crippen LogP contribution in [0.1, 0.15) is 11.5 Å². The van der Waals surface area contributed by atoms with Gasteiger partial charge in [-0.2, -0.15) is 0 Å². The average molecular weight is 369 g/mol. The predicted octanol–water partition coefficient (Wildman–Crippen LogP) is 5.09. The zero-order valence-electron chi connectivity index (χ0n) is 15.6. The molecule has 0 aliphatic rings. The Morgan fingerprint density at radius 1 is 0.786 bits per heavy atom. The summed E-state index contributed by atoms with van der Waals surface area (Å²) in [7, 11) is 0. The number of rotatable bonds is 5. The van der Waals surface area contributed by atoms with Crippen molar-refractivity contribution < 1.29 is 4.74 Å². The van der Waals surface area contributed by atoms with Gasteiger partial charge in [0.25, 0.3) is 0 Å². The van der Waals surface area contributed by atoms with Crippen LogP contribution < -0.4 is 10.1 Å². The maximum atomic E-state index is 6.00. The Morgan fingerprint density at radius 2 is 1.61 bits per heavy atom. The molecule has 0 bridgehead atoms. The first-order chi connectivity index (χ1) is 13.7. The minimum absolute atomic E-state index is 0.696. The van der Waals surface area contributed by atoms with Crippen molar-refractivity contribution in [2.75, 3.05) is 5.32 Å². The molecule has 0 radical (unpaired) electrons. The molecule has 0 aliphatic heterocycles. The van der Waals surface area contributed by atoms with E-state index in [1.165, 1.54) is 0 Å². The van der Waals surface area contributed by atoms with Crippen LogP contribution in [0.25, 0.3) is 11.1 Å². The van der Waals surface area contributed by atoms with E-state index in [0.29, 0.717) is 17.5 Å². The molecule has 4 aromatic rings. The molecule has 28 heavy (non-hydrogen) atoms. The van der Waals surface area contributed by atoms with Gasteiger partial charge in [-0.15, -0.1) is 0 Å². The molecule has 6 nitrogen and oxygen atoms in total. The average Bonchev–Trinajstić information content (AvgIpc) is 2.71. The van der Waals surface area contributed by atoms with Gasteiger partial charge in [0.05, 0.1) is 5.69 Å². The van der Waals surface area contributed by atoms with Crippen molar-refractivity contribution in [2.24, 2.45) is 0 Å². The summed E-state index contributed by atoms with van der Waals surface area (Å²) in [5.74, 6) is 3.60. The quantitative estimate of drug-likeness (QED) is 0.528. The number of aromatic nitrogens is 4. The van der Waals surface area contributed by atoms with Crippen molar-refractivity contribution in [1.82, 2.24) is 19.9 Å². The Hall–Kier alpha value is -3.80. The first-order valence-corrected chi connectivity index (χ1v) is 8.90. The van der Waals surface area contributed by atoms with Gasteiger partial charge in [-0.05, 0) is 55.8 Å². The summed E-state index contributed by atoms with van der Waals surface area (Å²) in [6.45, 7) is 3.78. The SMILES string of the molecule is Cc1nccc(Nc2cc(-c3cnc(C)c(Oc4ccccc4)c3)ccn2)n1. The number of nitrogens with one attached hydrogen (secondary N) is 1. The Kier molecular flexibility index (Phi) is 4.93. The largest absolute Gasteiger partial charge is 0.455 e. The summed E-state index contributed by atoms with van der Waals surface area (Å²) in [6.07, 6.45) is 5.30. The van der Waals surface area contributed by atoms with Crippen LogP contribution in [-0.4, -0.2) is 19.9 Å². The van der Waals surface area contributed by atoms with E-state index in [2.05, 4.69) is 25.3 Å². The van der Waals surface area contributed by atoms with Crippen LogP contribution in [0.3, 0.4) is 0 Å². The third kappa shape index (κ3) is 4.12. The zero-order valence-corrected chi connectivity index (χ0v) is 15.6. The second-order valence-electron chi connectivity index (χ2n) is 6.27. The van der Waals surface area contributed by atoms with Crippen molar-refractivity contribution in [3.63, 3.8) is 0 Å². The lowest BCUT2D eigenvalue weighted by Gasteiger charge is -2.11. The molecule has 0 atom stereocenters. The molecule has 6 heteroatoms. The van der Waals surface area contributed by atoms with E-state index in [1.807, 2.05) is 68.6 Å². The van der Waals surface area contributed by atoms with Crippen LogP contribution in [0.4, 0.5) is 11.6 Å². The van der Waals surface area contributed by atoms with Crippen molar-refractivity contribution in [2.45, 2.75) is 13.8 Å². The lowest BCUT2D eigenvalue weighted by atomic mass is 10.1. The molecular weight excluding hydrogens is 350 g/mol. The van der Waals surface area contributed by atoms with Crippen LogP contribution in [0.2, 0.25) is 0 Å². The zero-order chi connectivity index (χ0) is 19.3. The summed E-state index contributed by atoms with van der Waals surface area (Å²) >= 11 is 0. The lowest BCUT2D eigenvalue weighted by Crippen LogP contribution is -1.98. The maximum absolute atomic E-state index is 6.00. The smallest absolute Gasteiger partial charge is 0.149 e. The summed E-state index contributed by atoms with van der Waals surface area (Å²) in [5, 5.41) is 3.21. The summed E-state index contributed by atoms with van der Waals surface area (Å²) in [5.41, 5.74) is 2.76. The van der Waals surface area contributed by atoms with Gasteiger partial charge in [-0.1, -0.05) is 18.2 Å². The molecule has 0 saturated heterocycles. The van der Waals surface area contributed by atoms with Crippen LogP contribution in [0.5, 0.6) is 11.5 Å². The fraction of sp³-hybridized carbons (Fsp3) is 0.0909. The fourth-order valence-electron chi connectivity index (χ4n) is 2.73. The van der Waals surface area contributed by atoms with E-state index in [-0.39, 0.29) is 0 Å². The molecule has 138 valence electrons. The highest BCUT2D eigenvalue weighted by Gasteiger charge is 2.08. The Labute approximate surface area is 163 Å². The van der Waals surface area contributed by atoms with Gasteiger partial charge in [0.1, 0.15) is 29.0 Å². The van der Waals surface area contributed by atoms with Gasteiger partial charge in [-0.3, -0.25) is 4.98 Å². The van der Waals surface area contributed by atoms with Gasteiger partial charge in [0, 0.05) is 24.2 Å². The first kappa shape index (κ1) is 17.6. The summed E-state index contributed by atoms with van der Waals surface area (Å²) < 4.78 is 6.00. The first-order valence-electron chi connectivity index (χ1n) is 8.90. The highest BCUT2D eigenvalue weighted by Crippen LogP contribution is 2.29. The van der Waals surface area contributed by atoms with Gasteiger partial charge in [0.2, 0.25) is 0 Å². The van der Waals surface area contributed by atoms with Gasteiger partial charge >= 0.3 is 0 Å². The molecule has 3 aromatic heterocycles. The highest BCUT2D eigenvalue weighted by molar-refractivity contribution is 5.68. The van der Waals surface area contributed by atoms with E-state index >= 15 is 0 Å². The van der Waals surface area contributed by atoms with Crippen LogP contribution in [0.15, 0.2) is 73.2 Å². The molecule has 1 aromatic carbocycles. The maximum Gasteiger partial charge on any atom is 0.149 e. The molecule has 4 rings (SSSR count). The number of pyridine rings is 2. The van der Waals surface area contributed by atoms with Gasteiger partial charge in [-0.25, -0.2) is 15.0 Å². The van der Waals surface area contributed by atoms with E-state index < -0.39 is 0 Å². The van der Waals surface area contributed by atoms with Crippen molar-refractivity contribution in [3.8, 4) is 22.6 Å². The monoisotopic (exact) mass is 369 g/mol. The van der Waals surface area contributed by atoms with Crippen LogP contribution in [0, 0.1) is 13.8 Å². The molecule has 0 fully saturated rings. The number of anilines is 2. The van der Waals surface area contributed by atoms with Gasteiger partial charge < -0.3 is 10.1 Å². The number of ether oxygens (including phenoxy) is 1. The molecule has 0 saturated carbocycles. The molecule has 3 heterocycles. The summed E-state index contributed by atoms with van der Waals surface area (Å²) in [4.78, 5) is 17.3. The number of hydrogen-bond acceptors (Lipinski definition) is 6. The van der Waals surface area contributed by atoms with E-state index in [9.17, 15) is 0 Å². The van der Waals surface area contributed by atoms with Crippen LogP contribution >= 0.6 is 0 Å². The van der Waals surface area contributed by atoms with E-state index in [1.54, 1.807) is 18.5 Å². The third-order valence-corrected chi connectivity index (χ3v) is 4.14. The minimum atomic E-state index is 0.696. The molecular formula is C22H19N5O. The van der Waals surface area contributed by atoms with E-state index in [0.717, 1.165) is 28.3 Å². The molecule has 0 unspecified atom stereocenters.